The summed E-state index contributed by atoms with van der Waals surface area (Å²) in [5.74, 6) is -0.117. The summed E-state index contributed by atoms with van der Waals surface area (Å²) in [5, 5.41) is 9.74. The number of likely N-dealkylation sites (tertiary alicyclic amines) is 1. The van der Waals surface area contributed by atoms with E-state index in [1.54, 1.807) is 11.8 Å². The van der Waals surface area contributed by atoms with E-state index in [1.165, 1.54) is 18.7 Å². The van der Waals surface area contributed by atoms with Gasteiger partial charge in [-0.25, -0.2) is 9.97 Å². The Kier molecular flexibility index (Phi) is 2.40. The molecule has 0 saturated carbocycles. The molecule has 2 heterocycles. The summed E-state index contributed by atoms with van der Waals surface area (Å²) in [4.78, 5) is 21.1. The highest BCUT2D eigenvalue weighted by atomic mass is 16.3. The molecule has 1 aromatic heterocycles. The van der Waals surface area contributed by atoms with E-state index < -0.39 is 5.60 Å². The molecule has 0 aliphatic carbocycles. The van der Waals surface area contributed by atoms with Gasteiger partial charge in [-0.1, -0.05) is 0 Å². The molecule has 1 N–H and O–H groups in total. The maximum Gasteiger partial charge on any atom is 0.257 e. The molecule has 0 aromatic carbocycles. The van der Waals surface area contributed by atoms with Crippen LogP contribution in [-0.4, -0.2) is 44.6 Å². The topological polar surface area (TPSA) is 66.3 Å². The molecule has 80 valence electrons. The van der Waals surface area contributed by atoms with Crippen LogP contribution in [0.2, 0.25) is 0 Å². The Morgan fingerprint density at radius 3 is 2.73 bits per heavy atom. The zero-order valence-corrected chi connectivity index (χ0v) is 8.55. The minimum absolute atomic E-state index is 0.117. The summed E-state index contributed by atoms with van der Waals surface area (Å²) in [7, 11) is 0. The number of nitrogens with zero attached hydrogens (tertiary/aromatic N) is 3. The van der Waals surface area contributed by atoms with E-state index in [0.717, 1.165) is 0 Å². The number of amides is 1. The van der Waals surface area contributed by atoms with Gasteiger partial charge < -0.3 is 10.0 Å². The molecule has 2 rings (SSSR count). The first-order valence-electron chi connectivity index (χ1n) is 4.85. The van der Waals surface area contributed by atoms with Gasteiger partial charge in [0.15, 0.2) is 0 Å². The third-order valence-electron chi connectivity index (χ3n) is 2.55. The van der Waals surface area contributed by atoms with Crippen molar-refractivity contribution in [2.45, 2.75) is 18.9 Å². The molecule has 1 aliphatic heterocycles. The number of carbonyl (C=O) groups excluding carboxylic acids is 1. The third-order valence-corrected chi connectivity index (χ3v) is 2.55. The van der Waals surface area contributed by atoms with Crippen molar-refractivity contribution in [3.63, 3.8) is 0 Å². The minimum atomic E-state index is -0.759. The van der Waals surface area contributed by atoms with E-state index >= 15 is 0 Å². The number of hydrogen-bond acceptors (Lipinski definition) is 4. The highest BCUT2D eigenvalue weighted by Crippen LogP contribution is 2.21. The highest BCUT2D eigenvalue weighted by molar-refractivity contribution is 5.93. The second-order valence-electron chi connectivity index (χ2n) is 4.10. The average molecular weight is 207 g/mol. The van der Waals surface area contributed by atoms with Crippen LogP contribution in [0.25, 0.3) is 0 Å². The number of aliphatic hydroxyl groups is 1. The number of aromatic nitrogens is 2. The molecule has 1 aliphatic rings. The number of carbonyl (C=O) groups is 1. The Hall–Kier alpha value is -1.49. The van der Waals surface area contributed by atoms with Crippen LogP contribution in [0.5, 0.6) is 0 Å². The van der Waals surface area contributed by atoms with Crippen molar-refractivity contribution < 1.29 is 9.90 Å². The first-order valence-corrected chi connectivity index (χ1v) is 4.85. The van der Waals surface area contributed by atoms with Crippen LogP contribution in [0.4, 0.5) is 0 Å². The lowest BCUT2D eigenvalue weighted by molar-refractivity contribution is 0.0571. The van der Waals surface area contributed by atoms with Crippen LogP contribution in [0.1, 0.15) is 23.7 Å². The van der Waals surface area contributed by atoms with Crippen LogP contribution < -0.4 is 0 Å². The molecule has 1 amide bonds. The van der Waals surface area contributed by atoms with E-state index in [9.17, 15) is 9.90 Å². The highest BCUT2D eigenvalue weighted by Gasteiger charge is 2.34. The Labute approximate surface area is 87.8 Å². The summed E-state index contributed by atoms with van der Waals surface area (Å²) in [6, 6.07) is 0. The minimum Gasteiger partial charge on any atom is -0.388 e. The molecule has 1 unspecified atom stereocenters. The Bertz CT molecular complexity index is 364. The average Bonchev–Trinajstić information content (AvgIpc) is 2.59. The standard InChI is InChI=1S/C10H13N3O2/c1-10(15)2-3-13(6-10)9(14)8-4-11-7-12-5-8/h4-5,7,15H,2-3,6H2,1H3. The Morgan fingerprint density at radius 2 is 2.20 bits per heavy atom. The largest absolute Gasteiger partial charge is 0.388 e. The molecule has 1 aromatic rings. The van der Waals surface area contributed by atoms with Crippen LogP contribution in [0, 0.1) is 0 Å². The zero-order valence-electron chi connectivity index (χ0n) is 8.55. The van der Waals surface area contributed by atoms with Crippen LogP contribution in [0.15, 0.2) is 18.7 Å². The monoisotopic (exact) mass is 207 g/mol. The van der Waals surface area contributed by atoms with E-state index in [1.807, 2.05) is 0 Å². The van der Waals surface area contributed by atoms with Crippen LogP contribution in [-0.2, 0) is 0 Å². The number of hydrogen-bond donors (Lipinski definition) is 1. The van der Waals surface area contributed by atoms with Gasteiger partial charge in [-0.05, 0) is 13.3 Å². The SMILES string of the molecule is CC1(O)CCN(C(=O)c2cncnc2)C1. The van der Waals surface area contributed by atoms with E-state index in [-0.39, 0.29) is 5.91 Å². The van der Waals surface area contributed by atoms with Crippen molar-refractivity contribution >= 4 is 5.91 Å². The van der Waals surface area contributed by atoms with Gasteiger partial charge in [-0.2, -0.15) is 0 Å². The summed E-state index contributed by atoms with van der Waals surface area (Å²) < 4.78 is 0. The quantitative estimate of drug-likeness (QED) is 0.708. The molecule has 5 nitrogen and oxygen atoms in total. The summed E-state index contributed by atoms with van der Waals surface area (Å²) >= 11 is 0. The van der Waals surface area contributed by atoms with Gasteiger partial charge >= 0.3 is 0 Å². The molecule has 0 spiro atoms. The van der Waals surface area contributed by atoms with Gasteiger partial charge in [0, 0.05) is 25.5 Å². The maximum atomic E-state index is 11.9. The lowest BCUT2D eigenvalue weighted by Gasteiger charge is -2.18. The van der Waals surface area contributed by atoms with E-state index in [0.29, 0.717) is 25.1 Å². The molecule has 0 bridgehead atoms. The molecule has 1 saturated heterocycles. The van der Waals surface area contributed by atoms with E-state index in [4.69, 9.17) is 0 Å². The van der Waals surface area contributed by atoms with Crippen molar-refractivity contribution in [2.24, 2.45) is 0 Å². The number of β-amino-alcohol motifs (C(OH)–C–C–N with tert-alkyl or cyclic N) is 1. The van der Waals surface area contributed by atoms with Gasteiger partial charge in [0.25, 0.3) is 5.91 Å². The molecule has 15 heavy (non-hydrogen) atoms. The molecular formula is C10H13N3O2. The van der Waals surface area contributed by atoms with E-state index in [2.05, 4.69) is 9.97 Å². The van der Waals surface area contributed by atoms with Gasteiger partial charge in [-0.3, -0.25) is 4.79 Å². The van der Waals surface area contributed by atoms with Crippen molar-refractivity contribution in [3.8, 4) is 0 Å². The van der Waals surface area contributed by atoms with Gasteiger partial charge in [0.1, 0.15) is 6.33 Å². The normalized spacial score (nSPS) is 25.6. The fourth-order valence-electron chi connectivity index (χ4n) is 1.71. The predicted molar refractivity (Wildman–Crippen MR) is 53.2 cm³/mol. The molecule has 5 heteroatoms. The van der Waals surface area contributed by atoms with Crippen LogP contribution in [0.3, 0.4) is 0 Å². The molecule has 0 radical (unpaired) electrons. The van der Waals surface area contributed by atoms with Gasteiger partial charge in [0.2, 0.25) is 0 Å². The summed E-state index contributed by atoms with van der Waals surface area (Å²) in [6.07, 6.45) is 4.98. The predicted octanol–water partition coefficient (Wildman–Crippen LogP) is 0.0735. The van der Waals surface area contributed by atoms with Gasteiger partial charge in [-0.15, -0.1) is 0 Å². The van der Waals surface area contributed by atoms with Crippen molar-refractivity contribution in [1.29, 1.82) is 0 Å². The Morgan fingerprint density at radius 1 is 1.53 bits per heavy atom. The van der Waals surface area contributed by atoms with Gasteiger partial charge in [0.05, 0.1) is 11.2 Å². The third kappa shape index (κ3) is 2.12. The second-order valence-corrected chi connectivity index (χ2v) is 4.10. The first kappa shape index (κ1) is 10.0. The molecule has 1 atom stereocenters. The fraction of sp³-hybridized carbons (Fsp3) is 0.500. The van der Waals surface area contributed by atoms with Crippen molar-refractivity contribution in [3.05, 3.63) is 24.3 Å². The van der Waals surface area contributed by atoms with Crippen molar-refractivity contribution in [2.75, 3.05) is 13.1 Å². The fourth-order valence-corrected chi connectivity index (χ4v) is 1.71. The van der Waals surface area contributed by atoms with Crippen LogP contribution >= 0.6 is 0 Å². The molecular weight excluding hydrogens is 194 g/mol. The smallest absolute Gasteiger partial charge is 0.257 e. The lowest BCUT2D eigenvalue weighted by Crippen LogP contribution is -2.33. The maximum absolute atomic E-state index is 11.9. The van der Waals surface area contributed by atoms with Crippen molar-refractivity contribution in [1.82, 2.24) is 14.9 Å². The second kappa shape index (κ2) is 3.58. The summed E-state index contributed by atoms with van der Waals surface area (Å²) in [6.45, 7) is 2.70. The first-order chi connectivity index (χ1) is 7.08. The zero-order chi connectivity index (χ0) is 10.9. The lowest BCUT2D eigenvalue weighted by atomic mass is 10.1. The Balaban J connectivity index is 2.11. The summed E-state index contributed by atoms with van der Waals surface area (Å²) in [5.41, 5.74) is -0.291. The number of rotatable bonds is 1. The molecule has 1 fully saturated rings.